The molecule has 0 radical (unpaired) electrons. The summed E-state index contributed by atoms with van der Waals surface area (Å²) in [4.78, 5) is 2.17. The lowest BCUT2D eigenvalue weighted by Crippen LogP contribution is -2.55. The third kappa shape index (κ3) is 1.78. The Morgan fingerprint density at radius 2 is 2.00 bits per heavy atom. The minimum absolute atomic E-state index is 0.00106. The molecule has 0 aromatic carbocycles. The topological polar surface area (TPSA) is 15.3 Å². The number of hydrogen-bond donors (Lipinski definition) is 1. The second-order valence-electron chi connectivity index (χ2n) is 5.23. The lowest BCUT2D eigenvalue weighted by atomic mass is 9.76. The van der Waals surface area contributed by atoms with Crippen LogP contribution < -0.4 is 5.32 Å². The summed E-state index contributed by atoms with van der Waals surface area (Å²) in [6, 6.07) is 0.377. The van der Waals surface area contributed by atoms with Gasteiger partial charge in [-0.25, -0.2) is 8.78 Å². The van der Waals surface area contributed by atoms with E-state index in [4.69, 9.17) is 0 Å². The van der Waals surface area contributed by atoms with Gasteiger partial charge in [0.2, 0.25) is 0 Å². The number of hydrogen-bond acceptors (Lipinski definition) is 2. The molecular formula is C11H20F2N2. The zero-order valence-corrected chi connectivity index (χ0v) is 9.52. The minimum Gasteiger partial charge on any atom is -0.316 e. The predicted octanol–water partition coefficient (Wildman–Crippen LogP) is 1.72. The molecule has 1 N–H and O–H groups in total. The first-order chi connectivity index (χ1) is 6.97. The minimum atomic E-state index is -2.48. The molecule has 0 aromatic rings. The van der Waals surface area contributed by atoms with Gasteiger partial charge < -0.3 is 10.2 Å². The first kappa shape index (κ1) is 11.3. The van der Waals surface area contributed by atoms with Crippen LogP contribution in [0.15, 0.2) is 0 Å². The highest BCUT2D eigenvalue weighted by molar-refractivity contribution is 5.03. The van der Waals surface area contributed by atoms with Crippen LogP contribution in [0.1, 0.15) is 26.7 Å². The zero-order chi connectivity index (χ0) is 11.1. The molecule has 88 valence electrons. The SMILES string of the molecule is CC(C)N1CCC2(CNCCC2(F)F)C1. The van der Waals surface area contributed by atoms with Gasteiger partial charge in [-0.2, -0.15) is 0 Å². The van der Waals surface area contributed by atoms with Gasteiger partial charge in [-0.15, -0.1) is 0 Å². The Bertz CT molecular complexity index is 243. The number of nitrogens with zero attached hydrogens (tertiary/aromatic N) is 1. The number of rotatable bonds is 1. The third-order valence-corrected chi connectivity index (χ3v) is 3.97. The maximum Gasteiger partial charge on any atom is 0.257 e. The fourth-order valence-corrected chi connectivity index (χ4v) is 2.76. The predicted molar refractivity (Wildman–Crippen MR) is 56.2 cm³/mol. The lowest BCUT2D eigenvalue weighted by Gasteiger charge is -2.41. The summed E-state index contributed by atoms with van der Waals surface area (Å²) in [5, 5.41) is 3.13. The fraction of sp³-hybridized carbons (Fsp3) is 1.00. The van der Waals surface area contributed by atoms with Crippen LogP contribution in [0.2, 0.25) is 0 Å². The summed E-state index contributed by atoms with van der Waals surface area (Å²) in [5.74, 6) is -2.48. The van der Waals surface area contributed by atoms with E-state index in [1.165, 1.54) is 0 Å². The van der Waals surface area contributed by atoms with Crippen LogP contribution in [0.5, 0.6) is 0 Å². The van der Waals surface area contributed by atoms with Crippen molar-refractivity contribution >= 4 is 0 Å². The van der Waals surface area contributed by atoms with Crippen LogP contribution in [0.3, 0.4) is 0 Å². The molecule has 2 fully saturated rings. The van der Waals surface area contributed by atoms with Crippen molar-refractivity contribution in [2.75, 3.05) is 26.2 Å². The average molecular weight is 218 g/mol. The number of likely N-dealkylation sites (tertiary alicyclic amines) is 1. The molecule has 2 rings (SSSR count). The quantitative estimate of drug-likeness (QED) is 0.721. The van der Waals surface area contributed by atoms with E-state index in [9.17, 15) is 8.78 Å². The lowest BCUT2D eigenvalue weighted by molar-refractivity contribution is -0.136. The highest BCUT2D eigenvalue weighted by atomic mass is 19.3. The van der Waals surface area contributed by atoms with E-state index in [2.05, 4.69) is 24.1 Å². The van der Waals surface area contributed by atoms with Gasteiger partial charge in [-0.05, 0) is 26.8 Å². The molecule has 1 unspecified atom stereocenters. The highest BCUT2D eigenvalue weighted by Gasteiger charge is 2.57. The standard InChI is InChI=1S/C11H20F2N2/c1-9(2)15-6-4-10(8-15)7-14-5-3-11(10,12)13/h9,14H,3-8H2,1-2H3. The van der Waals surface area contributed by atoms with Crippen LogP contribution in [0.25, 0.3) is 0 Å². The van der Waals surface area contributed by atoms with Crippen molar-refractivity contribution < 1.29 is 8.78 Å². The van der Waals surface area contributed by atoms with Crippen LogP contribution in [0, 0.1) is 5.41 Å². The Balaban J connectivity index is 2.13. The molecule has 0 bridgehead atoms. The van der Waals surface area contributed by atoms with E-state index in [0.717, 1.165) is 6.54 Å². The molecule has 0 aromatic heterocycles. The van der Waals surface area contributed by atoms with Crippen LogP contribution in [-0.2, 0) is 0 Å². The normalized spacial score (nSPS) is 36.6. The van der Waals surface area contributed by atoms with Crippen molar-refractivity contribution in [2.24, 2.45) is 5.41 Å². The largest absolute Gasteiger partial charge is 0.316 e. The smallest absolute Gasteiger partial charge is 0.257 e. The summed E-state index contributed by atoms with van der Waals surface area (Å²) in [6.07, 6.45) is 0.629. The molecule has 2 aliphatic rings. The molecule has 2 heterocycles. The summed E-state index contributed by atoms with van der Waals surface area (Å²) >= 11 is 0. The third-order valence-electron chi connectivity index (χ3n) is 3.97. The van der Waals surface area contributed by atoms with E-state index in [1.54, 1.807) is 0 Å². The Morgan fingerprint density at radius 3 is 2.53 bits per heavy atom. The zero-order valence-electron chi connectivity index (χ0n) is 9.52. The van der Waals surface area contributed by atoms with Crippen molar-refractivity contribution in [3.05, 3.63) is 0 Å². The van der Waals surface area contributed by atoms with E-state index in [0.29, 0.717) is 32.1 Å². The van der Waals surface area contributed by atoms with Crippen LogP contribution in [0.4, 0.5) is 8.78 Å². The fourth-order valence-electron chi connectivity index (χ4n) is 2.76. The Kier molecular flexibility index (Phi) is 2.75. The van der Waals surface area contributed by atoms with E-state index in [-0.39, 0.29) is 6.42 Å². The van der Waals surface area contributed by atoms with Gasteiger partial charge in [0.25, 0.3) is 5.92 Å². The van der Waals surface area contributed by atoms with Crippen molar-refractivity contribution in [3.63, 3.8) is 0 Å². The van der Waals surface area contributed by atoms with Gasteiger partial charge in [-0.1, -0.05) is 0 Å². The summed E-state index contributed by atoms with van der Waals surface area (Å²) < 4.78 is 27.9. The van der Waals surface area contributed by atoms with Crippen molar-refractivity contribution in [1.29, 1.82) is 0 Å². The van der Waals surface area contributed by atoms with E-state index < -0.39 is 11.3 Å². The Labute approximate surface area is 90.0 Å². The maximum atomic E-state index is 13.9. The van der Waals surface area contributed by atoms with Gasteiger partial charge in [0.1, 0.15) is 0 Å². The molecule has 0 aliphatic carbocycles. The second kappa shape index (κ2) is 3.67. The van der Waals surface area contributed by atoms with Crippen molar-refractivity contribution in [2.45, 2.75) is 38.7 Å². The number of alkyl halides is 2. The highest BCUT2D eigenvalue weighted by Crippen LogP contribution is 2.47. The van der Waals surface area contributed by atoms with E-state index >= 15 is 0 Å². The van der Waals surface area contributed by atoms with Gasteiger partial charge in [-0.3, -0.25) is 0 Å². The maximum absolute atomic E-state index is 13.9. The molecule has 15 heavy (non-hydrogen) atoms. The molecule has 1 spiro atoms. The summed E-state index contributed by atoms with van der Waals surface area (Å²) in [7, 11) is 0. The first-order valence-electron chi connectivity index (χ1n) is 5.79. The molecule has 0 amide bonds. The number of nitrogens with one attached hydrogen (secondary N) is 1. The van der Waals surface area contributed by atoms with Gasteiger partial charge >= 0.3 is 0 Å². The molecule has 2 aliphatic heterocycles. The molecule has 2 saturated heterocycles. The van der Waals surface area contributed by atoms with Gasteiger partial charge in [0, 0.05) is 32.1 Å². The molecule has 4 heteroatoms. The van der Waals surface area contributed by atoms with Crippen LogP contribution in [-0.4, -0.2) is 43.0 Å². The first-order valence-corrected chi connectivity index (χ1v) is 5.79. The van der Waals surface area contributed by atoms with Crippen molar-refractivity contribution in [1.82, 2.24) is 10.2 Å². The summed E-state index contributed by atoms with van der Waals surface area (Å²) in [5.41, 5.74) is -0.796. The Morgan fingerprint density at radius 1 is 1.27 bits per heavy atom. The van der Waals surface area contributed by atoms with Gasteiger partial charge in [0.15, 0.2) is 0 Å². The summed E-state index contributed by atoms with van der Waals surface area (Å²) in [6.45, 7) is 6.44. The second-order valence-corrected chi connectivity index (χ2v) is 5.23. The van der Waals surface area contributed by atoms with Crippen molar-refractivity contribution in [3.8, 4) is 0 Å². The van der Waals surface area contributed by atoms with Gasteiger partial charge in [0.05, 0.1) is 5.41 Å². The number of halogens is 2. The average Bonchev–Trinajstić information content (AvgIpc) is 2.57. The number of piperidine rings is 1. The monoisotopic (exact) mass is 218 g/mol. The molecule has 1 atom stereocenters. The van der Waals surface area contributed by atoms with Crippen LogP contribution >= 0.6 is 0 Å². The molecular weight excluding hydrogens is 198 g/mol. The molecule has 0 saturated carbocycles. The Hall–Kier alpha value is -0.220. The van der Waals surface area contributed by atoms with E-state index in [1.807, 2.05) is 0 Å². The molecule has 2 nitrogen and oxygen atoms in total.